The first-order valence-corrected chi connectivity index (χ1v) is 7.65. The third-order valence-electron chi connectivity index (χ3n) is 3.39. The number of pyridine rings is 1. The molecule has 0 amide bonds. The topological polar surface area (TPSA) is 69.6 Å². The van der Waals surface area contributed by atoms with Gasteiger partial charge < -0.3 is 4.42 Å². The van der Waals surface area contributed by atoms with Gasteiger partial charge >= 0.3 is 6.18 Å². The molecule has 24 heavy (non-hydrogen) atoms. The highest BCUT2D eigenvalue weighted by molar-refractivity contribution is 9.10. The zero-order valence-electron chi connectivity index (χ0n) is 12.5. The number of rotatable bonds is 3. The maximum absolute atomic E-state index is 13.0. The van der Waals surface area contributed by atoms with Crippen molar-refractivity contribution in [2.45, 2.75) is 26.1 Å². The second-order valence-corrected chi connectivity index (χ2v) is 5.82. The Morgan fingerprint density at radius 1 is 1.25 bits per heavy atom. The van der Waals surface area contributed by atoms with Crippen molar-refractivity contribution in [3.05, 3.63) is 46.1 Å². The van der Waals surface area contributed by atoms with Crippen molar-refractivity contribution in [3.63, 3.8) is 0 Å². The summed E-state index contributed by atoms with van der Waals surface area (Å²) in [5.74, 6) is 0.333. The van der Waals surface area contributed by atoms with E-state index in [0.29, 0.717) is 11.4 Å². The van der Waals surface area contributed by atoms with Crippen molar-refractivity contribution in [2.75, 3.05) is 0 Å². The van der Waals surface area contributed by atoms with Crippen LogP contribution in [0.15, 0.2) is 33.3 Å². The zero-order valence-corrected chi connectivity index (χ0v) is 14.1. The van der Waals surface area contributed by atoms with Crippen molar-refractivity contribution < 1.29 is 17.6 Å². The second kappa shape index (κ2) is 6.00. The molecule has 0 bridgehead atoms. The van der Waals surface area contributed by atoms with E-state index in [1.54, 1.807) is 31.3 Å². The lowest BCUT2D eigenvalue weighted by atomic mass is 10.3. The molecule has 0 saturated carbocycles. The van der Waals surface area contributed by atoms with Gasteiger partial charge in [-0.05, 0) is 41.9 Å². The van der Waals surface area contributed by atoms with Crippen LogP contribution >= 0.6 is 15.9 Å². The summed E-state index contributed by atoms with van der Waals surface area (Å²) in [4.78, 5) is 4.09. The monoisotopic (exact) mass is 401 g/mol. The van der Waals surface area contributed by atoms with Gasteiger partial charge in [0.25, 0.3) is 5.89 Å². The van der Waals surface area contributed by atoms with Gasteiger partial charge in [-0.25, -0.2) is 0 Å². The molecule has 0 radical (unpaired) electrons. The van der Waals surface area contributed by atoms with Crippen LogP contribution in [0.3, 0.4) is 0 Å². The van der Waals surface area contributed by atoms with E-state index < -0.39 is 17.9 Å². The molecule has 0 aliphatic carbocycles. The molecule has 0 fully saturated rings. The van der Waals surface area contributed by atoms with E-state index in [1.807, 2.05) is 0 Å². The Morgan fingerprint density at radius 3 is 2.58 bits per heavy atom. The first-order chi connectivity index (χ1) is 11.3. The van der Waals surface area contributed by atoms with Crippen molar-refractivity contribution >= 4 is 15.9 Å². The lowest BCUT2D eigenvalue weighted by Gasteiger charge is -2.09. The van der Waals surface area contributed by atoms with Gasteiger partial charge in [0.05, 0.1) is 10.2 Å². The molecule has 126 valence electrons. The molecule has 6 nitrogen and oxygen atoms in total. The Labute approximate surface area is 142 Å². The summed E-state index contributed by atoms with van der Waals surface area (Å²) in [5, 5.41) is 11.4. The summed E-state index contributed by atoms with van der Waals surface area (Å²) >= 11 is 2.94. The minimum absolute atomic E-state index is 0.105. The summed E-state index contributed by atoms with van der Waals surface area (Å²) in [6, 6.07) is 4.54. The number of alkyl halides is 3. The predicted molar refractivity (Wildman–Crippen MR) is 81.0 cm³/mol. The third-order valence-corrected chi connectivity index (χ3v) is 4.34. The summed E-state index contributed by atoms with van der Waals surface area (Å²) in [5.41, 5.74) is -0.193. The highest BCUT2D eigenvalue weighted by Gasteiger charge is 2.38. The van der Waals surface area contributed by atoms with E-state index in [-0.39, 0.29) is 16.3 Å². The average molecular weight is 402 g/mol. The molecule has 3 heterocycles. The van der Waals surface area contributed by atoms with Crippen LogP contribution in [0.2, 0.25) is 0 Å². The Morgan fingerprint density at radius 2 is 2.00 bits per heavy atom. The molecule has 1 unspecified atom stereocenters. The van der Waals surface area contributed by atoms with E-state index >= 15 is 0 Å². The third kappa shape index (κ3) is 2.93. The van der Waals surface area contributed by atoms with Crippen molar-refractivity contribution in [3.8, 4) is 11.6 Å². The van der Waals surface area contributed by atoms with E-state index in [0.717, 1.165) is 0 Å². The summed E-state index contributed by atoms with van der Waals surface area (Å²) in [6.07, 6.45) is -2.98. The number of halogens is 4. The first-order valence-electron chi connectivity index (χ1n) is 6.85. The van der Waals surface area contributed by atoms with Crippen LogP contribution in [0.25, 0.3) is 11.6 Å². The van der Waals surface area contributed by atoms with Gasteiger partial charge in [-0.1, -0.05) is 6.07 Å². The predicted octanol–water partition coefficient (Wildman–Crippen LogP) is 4.03. The molecule has 3 aromatic heterocycles. The molecule has 0 N–H and O–H groups in total. The van der Waals surface area contributed by atoms with Crippen LogP contribution in [0.5, 0.6) is 0 Å². The molecule has 3 aromatic rings. The van der Waals surface area contributed by atoms with E-state index in [4.69, 9.17) is 4.42 Å². The summed E-state index contributed by atoms with van der Waals surface area (Å²) < 4.78 is 45.5. The van der Waals surface area contributed by atoms with Crippen LogP contribution in [0.4, 0.5) is 13.2 Å². The van der Waals surface area contributed by atoms with Crippen molar-refractivity contribution in [2.24, 2.45) is 0 Å². The molecule has 3 rings (SSSR count). The number of aromatic nitrogens is 5. The summed E-state index contributed by atoms with van der Waals surface area (Å²) in [6.45, 7) is 3.15. The van der Waals surface area contributed by atoms with Gasteiger partial charge in [-0.3, -0.25) is 9.67 Å². The fourth-order valence-corrected chi connectivity index (χ4v) is 2.64. The van der Waals surface area contributed by atoms with Gasteiger partial charge in [0.1, 0.15) is 11.7 Å². The minimum Gasteiger partial charge on any atom is -0.417 e. The van der Waals surface area contributed by atoms with Gasteiger partial charge in [-0.2, -0.15) is 18.3 Å². The van der Waals surface area contributed by atoms with Crippen LogP contribution in [-0.2, 0) is 6.18 Å². The molecule has 0 aliphatic heterocycles. The SMILES string of the molecule is Cc1c(Br)c(C(F)(F)F)nn1C(C)c1nnc(-c2ccccn2)o1. The zero-order chi connectivity index (χ0) is 17.5. The molecule has 0 aliphatic rings. The largest absolute Gasteiger partial charge is 0.436 e. The fraction of sp³-hybridized carbons (Fsp3) is 0.286. The quantitative estimate of drug-likeness (QED) is 0.662. The van der Waals surface area contributed by atoms with Crippen LogP contribution < -0.4 is 0 Å². The van der Waals surface area contributed by atoms with Gasteiger partial charge in [0.2, 0.25) is 5.89 Å². The number of hydrogen-bond donors (Lipinski definition) is 0. The lowest BCUT2D eigenvalue weighted by molar-refractivity contribution is -0.142. The molecular formula is C14H11BrF3N5O. The molecule has 0 spiro atoms. The summed E-state index contributed by atoms with van der Waals surface area (Å²) in [7, 11) is 0. The standard InChI is InChI=1S/C14H11BrF3N5O/c1-7-10(15)11(14(16,17)18)22-23(7)8(2)12-20-21-13(24-12)9-5-3-4-6-19-9/h3-6,8H,1-2H3. The normalized spacial score (nSPS) is 13.2. The Balaban J connectivity index is 1.96. The highest BCUT2D eigenvalue weighted by atomic mass is 79.9. The minimum atomic E-state index is -4.55. The fourth-order valence-electron chi connectivity index (χ4n) is 2.16. The van der Waals surface area contributed by atoms with Gasteiger partial charge in [-0.15, -0.1) is 10.2 Å². The maximum atomic E-state index is 13.0. The van der Waals surface area contributed by atoms with Gasteiger partial charge in [0, 0.05) is 6.20 Å². The van der Waals surface area contributed by atoms with E-state index in [9.17, 15) is 13.2 Å². The number of nitrogens with zero attached hydrogens (tertiary/aromatic N) is 5. The second-order valence-electron chi connectivity index (χ2n) is 5.03. The average Bonchev–Trinajstić information content (AvgIpc) is 3.14. The molecule has 0 saturated heterocycles. The molecule has 1 atom stereocenters. The van der Waals surface area contributed by atoms with Crippen LogP contribution in [0, 0.1) is 6.92 Å². The lowest BCUT2D eigenvalue weighted by Crippen LogP contribution is -2.13. The Kier molecular flexibility index (Phi) is 4.16. The highest BCUT2D eigenvalue weighted by Crippen LogP contribution is 2.37. The molecular weight excluding hydrogens is 391 g/mol. The van der Waals surface area contributed by atoms with Crippen LogP contribution in [-0.4, -0.2) is 25.0 Å². The molecule has 10 heteroatoms. The van der Waals surface area contributed by atoms with Gasteiger partial charge in [0.15, 0.2) is 5.69 Å². The molecule has 0 aromatic carbocycles. The maximum Gasteiger partial charge on any atom is 0.436 e. The van der Waals surface area contributed by atoms with Crippen LogP contribution in [0.1, 0.15) is 30.2 Å². The number of hydrogen-bond acceptors (Lipinski definition) is 5. The van der Waals surface area contributed by atoms with Crippen molar-refractivity contribution in [1.82, 2.24) is 25.0 Å². The van der Waals surface area contributed by atoms with Crippen molar-refractivity contribution in [1.29, 1.82) is 0 Å². The Hall–Kier alpha value is -2.23. The first kappa shape index (κ1) is 16.6. The van der Waals surface area contributed by atoms with E-state index in [1.165, 1.54) is 11.6 Å². The Bertz CT molecular complexity index is 859. The van der Waals surface area contributed by atoms with E-state index in [2.05, 4.69) is 36.2 Å². The smallest absolute Gasteiger partial charge is 0.417 e.